The van der Waals surface area contributed by atoms with Crippen molar-refractivity contribution in [3.63, 3.8) is 0 Å². The van der Waals surface area contributed by atoms with Crippen molar-refractivity contribution in [2.75, 3.05) is 13.1 Å². The van der Waals surface area contributed by atoms with Crippen LogP contribution in [-0.2, 0) is 0 Å². The normalized spacial score (nSPS) is 36.7. The van der Waals surface area contributed by atoms with Gasteiger partial charge in [0.2, 0.25) is 0 Å². The van der Waals surface area contributed by atoms with Crippen LogP contribution in [-0.4, -0.2) is 24.4 Å². The molecule has 3 heteroatoms. The van der Waals surface area contributed by atoms with Crippen molar-refractivity contribution in [3.8, 4) is 0 Å². The topological polar surface area (TPSA) is 24.1 Å². The van der Waals surface area contributed by atoms with Crippen molar-refractivity contribution < 1.29 is 0 Å². The van der Waals surface area contributed by atoms with E-state index >= 15 is 0 Å². The van der Waals surface area contributed by atoms with Gasteiger partial charge in [-0.25, -0.2) is 0 Å². The molecule has 1 rings (SSSR count). The fraction of sp³-hybridized carbons (Fsp3) is 0.833. The minimum absolute atomic E-state index is 0.404. The van der Waals surface area contributed by atoms with E-state index in [4.69, 9.17) is 7.05 Å². The largest absolute Gasteiger partial charge is 0.314 e. The van der Waals surface area contributed by atoms with E-state index in [2.05, 4.69) is 23.3 Å². The van der Waals surface area contributed by atoms with E-state index in [1.165, 1.54) is 0 Å². The van der Waals surface area contributed by atoms with Crippen LogP contribution in [0.15, 0.2) is 0 Å². The molecule has 2 N–H and O–H groups in total. The molecule has 2 unspecified atom stereocenters. The third-order valence-corrected chi connectivity index (χ3v) is 1.96. The molecule has 1 aliphatic rings. The van der Waals surface area contributed by atoms with Gasteiger partial charge in [0.1, 0.15) is 0 Å². The summed E-state index contributed by atoms with van der Waals surface area (Å²) in [5.41, 5.74) is 0. The maximum Gasteiger partial charge on any atom is 0.0410 e. The molecular formula is C6H12N2S. The molecule has 0 bridgehead atoms. The Hall–Kier alpha value is 0.270. The van der Waals surface area contributed by atoms with Gasteiger partial charge in [-0.15, -0.1) is 0 Å². The molecule has 1 heterocycles. The van der Waals surface area contributed by atoms with Gasteiger partial charge in [-0.2, -0.15) is 12.6 Å². The summed E-state index contributed by atoms with van der Waals surface area (Å²) in [5.74, 6) is 0. The number of hydrogen-bond acceptors (Lipinski definition) is 3. The van der Waals surface area contributed by atoms with Gasteiger partial charge in [-0.3, -0.25) is 0 Å². The van der Waals surface area contributed by atoms with E-state index in [0.29, 0.717) is 11.3 Å². The Kier molecular flexibility index (Phi) is 2.82. The first-order valence-electron chi connectivity index (χ1n) is 3.18. The van der Waals surface area contributed by atoms with E-state index in [1.807, 2.05) is 0 Å². The first kappa shape index (κ1) is 7.38. The van der Waals surface area contributed by atoms with Crippen LogP contribution in [0.5, 0.6) is 0 Å². The smallest absolute Gasteiger partial charge is 0.0410 e. The highest BCUT2D eigenvalue weighted by molar-refractivity contribution is 7.81. The number of nitrogens with one attached hydrogen (secondary N) is 2. The van der Waals surface area contributed by atoms with Gasteiger partial charge in [0.05, 0.1) is 0 Å². The van der Waals surface area contributed by atoms with Crippen LogP contribution in [0.2, 0.25) is 0 Å². The average molecular weight is 144 g/mol. The molecule has 1 fully saturated rings. The lowest BCUT2D eigenvalue weighted by molar-refractivity contribution is 0.430. The second-order valence-corrected chi connectivity index (χ2v) is 3.14. The fourth-order valence-corrected chi connectivity index (χ4v) is 1.43. The lowest BCUT2D eigenvalue weighted by Gasteiger charge is -2.26. The molecule has 0 aromatic rings. The minimum atomic E-state index is 0.404. The summed E-state index contributed by atoms with van der Waals surface area (Å²) < 4.78 is 0. The molecule has 52 valence electrons. The Labute approximate surface area is 61.8 Å². The van der Waals surface area contributed by atoms with E-state index in [-0.39, 0.29) is 0 Å². The summed E-state index contributed by atoms with van der Waals surface area (Å²) in [6.07, 6.45) is 1.06. The second kappa shape index (κ2) is 3.44. The van der Waals surface area contributed by atoms with Gasteiger partial charge in [0.25, 0.3) is 0 Å². The molecule has 2 nitrogen and oxygen atoms in total. The Morgan fingerprint density at radius 2 is 2.33 bits per heavy atom. The Bertz CT molecular complexity index is 87.1. The van der Waals surface area contributed by atoms with Crippen LogP contribution in [0.4, 0.5) is 0 Å². The second-order valence-electron chi connectivity index (χ2n) is 2.41. The van der Waals surface area contributed by atoms with Crippen molar-refractivity contribution in [3.05, 3.63) is 7.05 Å². The predicted molar refractivity (Wildman–Crippen MR) is 41.5 cm³/mol. The van der Waals surface area contributed by atoms with Crippen LogP contribution >= 0.6 is 12.6 Å². The molecular weight excluding hydrogens is 132 g/mol. The highest BCUT2D eigenvalue weighted by atomic mass is 32.1. The van der Waals surface area contributed by atoms with Gasteiger partial charge in [0.15, 0.2) is 0 Å². The molecule has 2 atom stereocenters. The number of rotatable bonds is 1. The summed E-state index contributed by atoms with van der Waals surface area (Å²) in [7, 11) is 5.24. The fourth-order valence-electron chi connectivity index (χ4n) is 1.05. The van der Waals surface area contributed by atoms with Gasteiger partial charge in [-0.05, 0) is 6.42 Å². The van der Waals surface area contributed by atoms with Gasteiger partial charge in [0, 0.05) is 31.4 Å². The van der Waals surface area contributed by atoms with Crippen LogP contribution in [0.25, 0.3) is 0 Å². The van der Waals surface area contributed by atoms with Gasteiger partial charge in [-0.1, -0.05) is 0 Å². The highest BCUT2D eigenvalue weighted by Gasteiger charge is 2.16. The van der Waals surface area contributed by atoms with Crippen molar-refractivity contribution in [2.45, 2.75) is 17.7 Å². The monoisotopic (exact) mass is 144 g/mol. The van der Waals surface area contributed by atoms with E-state index < -0.39 is 0 Å². The molecule has 0 aliphatic carbocycles. The van der Waals surface area contributed by atoms with Crippen molar-refractivity contribution in [1.82, 2.24) is 10.6 Å². The molecule has 0 amide bonds. The minimum Gasteiger partial charge on any atom is -0.314 e. The lowest BCUT2D eigenvalue weighted by Crippen LogP contribution is -2.45. The van der Waals surface area contributed by atoms with Crippen LogP contribution < -0.4 is 10.6 Å². The Morgan fingerprint density at radius 3 is 2.78 bits per heavy atom. The van der Waals surface area contributed by atoms with E-state index in [1.54, 1.807) is 0 Å². The third-order valence-electron chi connectivity index (χ3n) is 1.56. The maximum absolute atomic E-state index is 5.24. The number of piperidine rings is 1. The molecule has 2 radical (unpaired) electrons. The van der Waals surface area contributed by atoms with Crippen molar-refractivity contribution in [1.29, 1.82) is 0 Å². The van der Waals surface area contributed by atoms with Gasteiger partial charge >= 0.3 is 0 Å². The summed E-state index contributed by atoms with van der Waals surface area (Å²) in [5, 5.41) is 6.40. The van der Waals surface area contributed by atoms with Crippen molar-refractivity contribution >= 4 is 12.6 Å². The SMILES string of the molecule is [CH]NC1CNCC(S)C1. The summed E-state index contributed by atoms with van der Waals surface area (Å²) in [6, 6.07) is 0.404. The van der Waals surface area contributed by atoms with Crippen LogP contribution in [0, 0.1) is 7.05 Å². The molecule has 0 saturated carbocycles. The lowest BCUT2D eigenvalue weighted by atomic mass is 10.1. The predicted octanol–water partition coefficient (Wildman–Crippen LogP) is -0.0951. The van der Waals surface area contributed by atoms with Crippen LogP contribution in [0.1, 0.15) is 6.42 Å². The molecule has 0 aromatic heterocycles. The number of thiol groups is 1. The molecule has 1 saturated heterocycles. The standard InChI is InChI=1S/C6H12N2S/c1-7-5-2-6(9)4-8-3-5/h1,5-9H,2-4H2. The summed E-state index contributed by atoms with van der Waals surface area (Å²) in [6.45, 7) is 1.97. The first-order chi connectivity index (χ1) is 4.33. The molecule has 1 aliphatic heterocycles. The Balaban J connectivity index is 2.23. The van der Waals surface area contributed by atoms with Crippen molar-refractivity contribution in [2.24, 2.45) is 0 Å². The van der Waals surface area contributed by atoms with E-state index in [0.717, 1.165) is 19.5 Å². The van der Waals surface area contributed by atoms with Gasteiger partial charge < -0.3 is 10.6 Å². The zero-order valence-corrected chi connectivity index (χ0v) is 6.20. The first-order valence-corrected chi connectivity index (χ1v) is 3.69. The van der Waals surface area contributed by atoms with E-state index in [9.17, 15) is 0 Å². The maximum atomic E-state index is 5.24. The molecule has 0 aromatic carbocycles. The molecule has 9 heavy (non-hydrogen) atoms. The third kappa shape index (κ3) is 2.16. The summed E-state index contributed by atoms with van der Waals surface area (Å²) in [4.78, 5) is 0. The summed E-state index contributed by atoms with van der Waals surface area (Å²) >= 11 is 4.32. The molecule has 0 spiro atoms. The zero-order valence-electron chi connectivity index (χ0n) is 5.30. The van der Waals surface area contributed by atoms with Crippen LogP contribution in [0.3, 0.4) is 0 Å². The number of hydrogen-bond donors (Lipinski definition) is 3. The highest BCUT2D eigenvalue weighted by Crippen LogP contribution is 2.07. The quantitative estimate of drug-likeness (QED) is 0.354. The average Bonchev–Trinajstić information content (AvgIpc) is 1.88. The Morgan fingerprint density at radius 1 is 1.56 bits per heavy atom. The zero-order chi connectivity index (χ0) is 6.69.